The predicted octanol–water partition coefficient (Wildman–Crippen LogP) is 2.56. The van der Waals surface area contributed by atoms with E-state index in [1.807, 2.05) is 0 Å². The summed E-state index contributed by atoms with van der Waals surface area (Å²) in [5.74, 6) is -0.135. The predicted molar refractivity (Wildman–Crippen MR) is 102 cm³/mol. The normalized spacial score (nSPS) is 11.1. The van der Waals surface area contributed by atoms with Crippen LogP contribution in [-0.2, 0) is 14.3 Å². The standard InChI is InChI=1S/C19H20N2O8/c1-12(29-18(22)11-28-15-7-5-14(26-2)6-8-15)19(23)20-16-10-13(21(24)25)4-9-17(16)27-3/h4-10,12H,11H2,1-3H3,(H,20,23)/t12-/m0/s1. The molecule has 154 valence electrons. The lowest BCUT2D eigenvalue weighted by Crippen LogP contribution is -2.31. The lowest BCUT2D eigenvalue weighted by Gasteiger charge is -2.15. The molecule has 2 rings (SSSR count). The summed E-state index contributed by atoms with van der Waals surface area (Å²) in [6.45, 7) is 0.967. The number of nitro groups is 1. The van der Waals surface area contributed by atoms with Gasteiger partial charge in [-0.3, -0.25) is 14.9 Å². The van der Waals surface area contributed by atoms with Gasteiger partial charge in [0.2, 0.25) is 0 Å². The fraction of sp³-hybridized carbons (Fsp3) is 0.263. The van der Waals surface area contributed by atoms with Gasteiger partial charge in [-0.2, -0.15) is 0 Å². The summed E-state index contributed by atoms with van der Waals surface area (Å²) in [7, 11) is 2.89. The van der Waals surface area contributed by atoms with Gasteiger partial charge in [-0.05, 0) is 37.3 Å². The Labute approximate surface area is 166 Å². The molecule has 0 fully saturated rings. The molecule has 0 radical (unpaired) electrons. The van der Waals surface area contributed by atoms with Crippen molar-refractivity contribution in [3.8, 4) is 17.2 Å². The molecule has 1 N–H and O–H groups in total. The number of non-ortho nitro benzene ring substituents is 1. The first-order chi connectivity index (χ1) is 13.8. The van der Waals surface area contributed by atoms with Crippen molar-refractivity contribution in [2.24, 2.45) is 0 Å². The van der Waals surface area contributed by atoms with Gasteiger partial charge in [0.15, 0.2) is 12.7 Å². The highest BCUT2D eigenvalue weighted by Crippen LogP contribution is 2.29. The fourth-order valence-electron chi connectivity index (χ4n) is 2.24. The molecule has 0 aromatic heterocycles. The minimum atomic E-state index is -1.16. The number of anilines is 1. The smallest absolute Gasteiger partial charge is 0.344 e. The van der Waals surface area contributed by atoms with Crippen molar-refractivity contribution in [3.05, 3.63) is 52.6 Å². The van der Waals surface area contributed by atoms with Crippen LogP contribution >= 0.6 is 0 Å². The van der Waals surface area contributed by atoms with Gasteiger partial charge in [-0.25, -0.2) is 4.79 Å². The number of ether oxygens (including phenoxy) is 4. The number of nitro benzene ring substituents is 1. The van der Waals surface area contributed by atoms with Crippen LogP contribution in [0.25, 0.3) is 0 Å². The van der Waals surface area contributed by atoms with E-state index in [1.54, 1.807) is 24.3 Å². The van der Waals surface area contributed by atoms with Crippen molar-refractivity contribution < 1.29 is 33.5 Å². The Hall–Kier alpha value is -3.82. The van der Waals surface area contributed by atoms with Crippen molar-refractivity contribution in [2.75, 3.05) is 26.1 Å². The summed E-state index contributed by atoms with van der Waals surface area (Å²) in [6, 6.07) is 10.3. The van der Waals surface area contributed by atoms with E-state index in [1.165, 1.54) is 33.3 Å². The largest absolute Gasteiger partial charge is 0.497 e. The highest BCUT2D eigenvalue weighted by atomic mass is 16.6. The van der Waals surface area contributed by atoms with Gasteiger partial charge >= 0.3 is 5.97 Å². The van der Waals surface area contributed by atoms with E-state index < -0.39 is 29.5 Å². The lowest BCUT2D eigenvalue weighted by atomic mass is 10.2. The third-order valence-corrected chi connectivity index (χ3v) is 3.75. The second-order valence-corrected chi connectivity index (χ2v) is 5.73. The number of hydrogen-bond donors (Lipinski definition) is 1. The zero-order valence-electron chi connectivity index (χ0n) is 16.0. The van der Waals surface area contributed by atoms with Crippen molar-refractivity contribution in [1.82, 2.24) is 0 Å². The van der Waals surface area contributed by atoms with E-state index in [0.717, 1.165) is 6.07 Å². The number of methoxy groups -OCH3 is 2. The van der Waals surface area contributed by atoms with E-state index in [0.29, 0.717) is 11.5 Å². The van der Waals surface area contributed by atoms with Crippen LogP contribution in [0.2, 0.25) is 0 Å². The molecule has 29 heavy (non-hydrogen) atoms. The lowest BCUT2D eigenvalue weighted by molar-refractivity contribution is -0.384. The number of nitrogens with one attached hydrogen (secondary N) is 1. The molecule has 1 amide bonds. The van der Waals surface area contributed by atoms with Crippen LogP contribution in [0.5, 0.6) is 17.2 Å². The Morgan fingerprint density at radius 1 is 1.07 bits per heavy atom. The Morgan fingerprint density at radius 2 is 1.72 bits per heavy atom. The Balaban J connectivity index is 1.91. The van der Waals surface area contributed by atoms with Crippen LogP contribution < -0.4 is 19.5 Å². The molecule has 0 aliphatic heterocycles. The molecule has 10 nitrogen and oxygen atoms in total. The topological polar surface area (TPSA) is 126 Å². The Kier molecular flexibility index (Phi) is 7.35. The van der Waals surface area contributed by atoms with Crippen molar-refractivity contribution in [1.29, 1.82) is 0 Å². The highest BCUT2D eigenvalue weighted by Gasteiger charge is 2.21. The van der Waals surface area contributed by atoms with Crippen LogP contribution in [0.4, 0.5) is 11.4 Å². The second-order valence-electron chi connectivity index (χ2n) is 5.73. The monoisotopic (exact) mass is 404 g/mol. The molecule has 0 spiro atoms. The van der Waals surface area contributed by atoms with Crippen LogP contribution in [-0.4, -0.2) is 43.7 Å². The molecular formula is C19H20N2O8. The molecule has 0 aliphatic rings. The highest BCUT2D eigenvalue weighted by molar-refractivity contribution is 5.96. The summed E-state index contributed by atoms with van der Waals surface area (Å²) >= 11 is 0. The molecule has 0 heterocycles. The zero-order chi connectivity index (χ0) is 21.4. The van der Waals surface area contributed by atoms with Gasteiger partial charge in [0.05, 0.1) is 24.8 Å². The molecule has 0 unspecified atom stereocenters. The third kappa shape index (κ3) is 6.09. The maximum absolute atomic E-state index is 12.3. The number of nitrogens with zero attached hydrogens (tertiary/aromatic N) is 1. The van der Waals surface area contributed by atoms with Crippen LogP contribution in [0.15, 0.2) is 42.5 Å². The molecule has 0 saturated carbocycles. The number of hydrogen-bond acceptors (Lipinski definition) is 8. The van der Waals surface area contributed by atoms with E-state index >= 15 is 0 Å². The first-order valence-electron chi connectivity index (χ1n) is 8.43. The Morgan fingerprint density at radius 3 is 2.31 bits per heavy atom. The van der Waals surface area contributed by atoms with Crippen LogP contribution in [0.1, 0.15) is 6.92 Å². The summed E-state index contributed by atoms with van der Waals surface area (Å²) in [5.41, 5.74) is -0.136. The van der Waals surface area contributed by atoms with E-state index in [4.69, 9.17) is 18.9 Å². The molecule has 0 aliphatic carbocycles. The molecule has 2 aromatic rings. The maximum Gasteiger partial charge on any atom is 0.344 e. The zero-order valence-corrected chi connectivity index (χ0v) is 16.0. The SMILES string of the molecule is COc1ccc(OCC(=O)O[C@@H](C)C(=O)Nc2cc([N+](=O)[O-])ccc2OC)cc1. The van der Waals surface area contributed by atoms with Crippen molar-refractivity contribution in [3.63, 3.8) is 0 Å². The van der Waals surface area contributed by atoms with E-state index in [-0.39, 0.29) is 17.1 Å². The van der Waals surface area contributed by atoms with Crippen LogP contribution in [0, 0.1) is 10.1 Å². The molecule has 10 heteroatoms. The average Bonchev–Trinajstić information content (AvgIpc) is 2.72. The molecular weight excluding hydrogens is 384 g/mol. The number of benzene rings is 2. The van der Waals surface area contributed by atoms with Crippen molar-refractivity contribution in [2.45, 2.75) is 13.0 Å². The molecule has 1 atom stereocenters. The van der Waals surface area contributed by atoms with E-state index in [2.05, 4.69) is 5.32 Å². The maximum atomic E-state index is 12.3. The summed E-state index contributed by atoms with van der Waals surface area (Å²) in [4.78, 5) is 34.5. The van der Waals surface area contributed by atoms with Gasteiger partial charge in [0, 0.05) is 12.1 Å². The summed E-state index contributed by atoms with van der Waals surface area (Å²) < 4.78 is 20.4. The van der Waals surface area contributed by atoms with Gasteiger partial charge in [-0.15, -0.1) is 0 Å². The average molecular weight is 404 g/mol. The fourth-order valence-corrected chi connectivity index (χ4v) is 2.24. The third-order valence-electron chi connectivity index (χ3n) is 3.75. The van der Waals surface area contributed by atoms with Gasteiger partial charge < -0.3 is 24.3 Å². The first kappa shape index (κ1) is 21.5. The van der Waals surface area contributed by atoms with Gasteiger partial charge in [-0.1, -0.05) is 0 Å². The minimum Gasteiger partial charge on any atom is -0.497 e. The van der Waals surface area contributed by atoms with Crippen LogP contribution in [0.3, 0.4) is 0 Å². The minimum absolute atomic E-state index is 0.0871. The first-order valence-corrected chi connectivity index (χ1v) is 8.43. The number of esters is 1. The van der Waals surface area contributed by atoms with Gasteiger partial charge in [0.1, 0.15) is 17.2 Å². The second kappa shape index (κ2) is 9.93. The number of rotatable bonds is 9. The van der Waals surface area contributed by atoms with Gasteiger partial charge in [0.25, 0.3) is 11.6 Å². The number of carbonyl (C=O) groups is 2. The molecule has 0 bridgehead atoms. The summed E-state index contributed by atoms with van der Waals surface area (Å²) in [5, 5.41) is 13.4. The quantitative estimate of drug-likeness (QED) is 0.384. The number of amides is 1. The summed E-state index contributed by atoms with van der Waals surface area (Å²) in [6.07, 6.45) is -1.16. The number of carbonyl (C=O) groups excluding carboxylic acids is 2. The molecule has 0 saturated heterocycles. The Bertz CT molecular complexity index is 882. The van der Waals surface area contributed by atoms with Crippen molar-refractivity contribution >= 4 is 23.3 Å². The van der Waals surface area contributed by atoms with E-state index in [9.17, 15) is 19.7 Å². The molecule has 2 aromatic carbocycles.